The predicted octanol–water partition coefficient (Wildman–Crippen LogP) is 4.37. The summed E-state index contributed by atoms with van der Waals surface area (Å²) >= 11 is 0. The predicted molar refractivity (Wildman–Crippen MR) is 111 cm³/mol. The molecule has 4 heterocycles. The van der Waals surface area contributed by atoms with Gasteiger partial charge in [0.05, 0.1) is 6.54 Å². The van der Waals surface area contributed by atoms with Crippen molar-refractivity contribution >= 4 is 25.1 Å². The molecule has 0 bridgehead atoms. The number of furan rings is 1. The number of halogens is 3. The lowest BCUT2D eigenvalue weighted by atomic mass is 9.77. The largest absolute Gasteiger partial charge is 0.491 e. The number of ether oxygens (including phenoxy) is 3. The standard InChI is InChI=1S/C22H14F3NO5.H2S/c23-22(24,25)19-6-5-12(31-19)9-26-15-4-2-1-3-13(15)21(20(26)27)10-28-16-8-18-17(7-14(16)21)29-11-30-18;/h1-8H,9-11H2;1H2/t21-;/m0./s1. The molecule has 3 aliphatic heterocycles. The summed E-state index contributed by atoms with van der Waals surface area (Å²) in [5.74, 6) is 0.231. The maximum atomic E-state index is 13.8. The third-order valence-corrected chi connectivity index (χ3v) is 5.90. The van der Waals surface area contributed by atoms with Crippen molar-refractivity contribution in [1.29, 1.82) is 0 Å². The van der Waals surface area contributed by atoms with Gasteiger partial charge in [-0.2, -0.15) is 26.7 Å². The van der Waals surface area contributed by atoms with Crippen LogP contribution in [0, 0.1) is 0 Å². The molecule has 3 aliphatic rings. The van der Waals surface area contributed by atoms with Gasteiger partial charge in [0.25, 0.3) is 0 Å². The Kier molecular flexibility index (Phi) is 4.42. The number of hydrogen-bond donors (Lipinski definition) is 0. The van der Waals surface area contributed by atoms with E-state index in [0.717, 1.165) is 11.6 Å². The maximum absolute atomic E-state index is 13.8. The monoisotopic (exact) mass is 463 g/mol. The zero-order valence-electron chi connectivity index (χ0n) is 16.4. The molecule has 0 N–H and O–H groups in total. The SMILES string of the molecule is O=C1N(Cc2ccc(C(F)(F)F)o2)c2ccccc2[C@]12COc1cc3c(cc12)OCO3.S. The second kappa shape index (κ2) is 6.86. The molecule has 3 aromatic rings. The first kappa shape index (κ1) is 20.6. The van der Waals surface area contributed by atoms with Gasteiger partial charge in [-0.05, 0) is 29.8 Å². The van der Waals surface area contributed by atoms with Crippen molar-refractivity contribution in [3.63, 3.8) is 0 Å². The summed E-state index contributed by atoms with van der Waals surface area (Å²) in [6, 6.07) is 12.7. The van der Waals surface area contributed by atoms with Crippen LogP contribution in [0.15, 0.2) is 52.9 Å². The number of fused-ring (bicyclic) bond motifs is 5. The van der Waals surface area contributed by atoms with Crippen LogP contribution in [-0.2, 0) is 22.9 Å². The normalized spacial score (nSPS) is 20.2. The minimum absolute atomic E-state index is 0. The number of anilines is 1. The number of nitrogens with zero attached hydrogens (tertiary/aromatic N) is 1. The van der Waals surface area contributed by atoms with Crippen LogP contribution in [0.3, 0.4) is 0 Å². The average Bonchev–Trinajstić information content (AvgIpc) is 3.50. The van der Waals surface area contributed by atoms with E-state index in [1.807, 2.05) is 12.1 Å². The summed E-state index contributed by atoms with van der Waals surface area (Å²) in [6.45, 7) is 0.0268. The Morgan fingerprint density at radius 1 is 0.938 bits per heavy atom. The zero-order chi connectivity index (χ0) is 21.4. The van der Waals surface area contributed by atoms with Gasteiger partial charge in [-0.15, -0.1) is 0 Å². The fourth-order valence-electron chi connectivity index (χ4n) is 4.49. The Balaban J connectivity index is 0.00000216. The summed E-state index contributed by atoms with van der Waals surface area (Å²) in [7, 11) is 0. The Hall–Kier alpha value is -3.27. The molecular weight excluding hydrogens is 447 g/mol. The van der Waals surface area contributed by atoms with Crippen molar-refractivity contribution in [2.75, 3.05) is 18.3 Å². The Bertz CT molecular complexity index is 1240. The van der Waals surface area contributed by atoms with Gasteiger partial charge in [0, 0.05) is 17.3 Å². The van der Waals surface area contributed by atoms with Crippen LogP contribution in [-0.4, -0.2) is 19.3 Å². The van der Waals surface area contributed by atoms with E-state index in [4.69, 9.17) is 18.6 Å². The Morgan fingerprint density at radius 3 is 2.44 bits per heavy atom. The van der Waals surface area contributed by atoms with Crippen LogP contribution < -0.4 is 19.1 Å². The van der Waals surface area contributed by atoms with Gasteiger partial charge in [0.15, 0.2) is 11.5 Å². The van der Waals surface area contributed by atoms with Crippen LogP contribution in [0.2, 0.25) is 0 Å². The van der Waals surface area contributed by atoms with Gasteiger partial charge in [-0.25, -0.2) is 0 Å². The van der Waals surface area contributed by atoms with E-state index in [0.29, 0.717) is 28.5 Å². The second-order valence-corrected chi connectivity index (χ2v) is 7.57. The van der Waals surface area contributed by atoms with Crippen molar-refractivity contribution in [2.45, 2.75) is 18.1 Å². The summed E-state index contributed by atoms with van der Waals surface area (Å²) in [6.07, 6.45) is -4.59. The number of carbonyl (C=O) groups is 1. The van der Waals surface area contributed by atoms with E-state index < -0.39 is 17.4 Å². The smallest absolute Gasteiger partial charge is 0.449 e. The summed E-state index contributed by atoms with van der Waals surface area (Å²) < 4.78 is 60.5. The number of hydrogen-bond acceptors (Lipinski definition) is 5. The number of alkyl halides is 3. The fourth-order valence-corrected chi connectivity index (χ4v) is 4.49. The van der Waals surface area contributed by atoms with Gasteiger partial charge in [-0.1, -0.05) is 18.2 Å². The van der Waals surface area contributed by atoms with Crippen LogP contribution in [0.4, 0.5) is 18.9 Å². The van der Waals surface area contributed by atoms with Crippen LogP contribution in [0.25, 0.3) is 0 Å². The first-order chi connectivity index (χ1) is 14.9. The molecule has 1 amide bonds. The Morgan fingerprint density at radius 2 is 1.69 bits per heavy atom. The van der Waals surface area contributed by atoms with E-state index in [1.165, 1.54) is 11.0 Å². The molecule has 32 heavy (non-hydrogen) atoms. The molecule has 0 unspecified atom stereocenters. The highest BCUT2D eigenvalue weighted by Gasteiger charge is 2.57. The van der Waals surface area contributed by atoms with Crippen molar-refractivity contribution < 1.29 is 36.6 Å². The van der Waals surface area contributed by atoms with E-state index in [9.17, 15) is 18.0 Å². The van der Waals surface area contributed by atoms with E-state index >= 15 is 0 Å². The number of benzene rings is 2. The third-order valence-electron chi connectivity index (χ3n) is 5.90. The molecule has 0 saturated heterocycles. The summed E-state index contributed by atoms with van der Waals surface area (Å²) in [4.78, 5) is 15.2. The first-order valence-electron chi connectivity index (χ1n) is 9.52. The van der Waals surface area contributed by atoms with E-state index in [1.54, 1.807) is 24.3 Å². The molecule has 0 saturated carbocycles. The number of para-hydroxylation sites is 1. The van der Waals surface area contributed by atoms with E-state index in [-0.39, 0.29) is 45.1 Å². The first-order valence-corrected chi connectivity index (χ1v) is 9.52. The molecule has 6 rings (SSSR count). The second-order valence-electron chi connectivity index (χ2n) is 7.57. The van der Waals surface area contributed by atoms with Gasteiger partial charge < -0.3 is 23.5 Å². The van der Waals surface area contributed by atoms with Crippen molar-refractivity contribution in [1.82, 2.24) is 0 Å². The number of rotatable bonds is 2. The van der Waals surface area contributed by atoms with Crippen LogP contribution in [0.1, 0.15) is 22.6 Å². The molecule has 1 aromatic heterocycles. The Labute approximate surface area is 186 Å². The molecule has 0 aliphatic carbocycles. The van der Waals surface area contributed by atoms with Crippen molar-refractivity contribution in [3.8, 4) is 17.2 Å². The summed E-state index contributed by atoms with van der Waals surface area (Å²) in [5.41, 5.74) is 0.853. The molecule has 2 aromatic carbocycles. The average molecular weight is 463 g/mol. The van der Waals surface area contributed by atoms with Crippen molar-refractivity contribution in [3.05, 3.63) is 71.2 Å². The molecule has 0 radical (unpaired) electrons. The minimum atomic E-state index is -4.59. The lowest BCUT2D eigenvalue weighted by molar-refractivity contribution is -0.153. The molecule has 1 atom stereocenters. The van der Waals surface area contributed by atoms with Crippen molar-refractivity contribution in [2.24, 2.45) is 0 Å². The molecule has 166 valence electrons. The fraction of sp³-hybridized carbons (Fsp3) is 0.227. The van der Waals surface area contributed by atoms with Gasteiger partial charge >= 0.3 is 6.18 Å². The number of amides is 1. The molecule has 6 nitrogen and oxygen atoms in total. The molecule has 0 fully saturated rings. The van der Waals surface area contributed by atoms with Crippen LogP contribution >= 0.6 is 13.5 Å². The zero-order valence-corrected chi connectivity index (χ0v) is 17.4. The molecule has 10 heteroatoms. The molecular formula is C22H16F3NO5S. The maximum Gasteiger partial charge on any atom is 0.449 e. The van der Waals surface area contributed by atoms with Gasteiger partial charge in [-0.3, -0.25) is 4.79 Å². The third kappa shape index (κ3) is 2.72. The molecule has 1 spiro atoms. The highest BCUT2D eigenvalue weighted by molar-refractivity contribution is 7.59. The van der Waals surface area contributed by atoms with E-state index in [2.05, 4.69) is 0 Å². The van der Waals surface area contributed by atoms with Crippen LogP contribution in [0.5, 0.6) is 17.2 Å². The lowest BCUT2D eigenvalue weighted by Crippen LogP contribution is -2.42. The number of carbonyl (C=O) groups excluding carboxylic acids is 1. The topological polar surface area (TPSA) is 61.1 Å². The highest BCUT2D eigenvalue weighted by atomic mass is 32.1. The minimum Gasteiger partial charge on any atom is -0.491 e. The van der Waals surface area contributed by atoms with Gasteiger partial charge in [0.1, 0.15) is 23.5 Å². The summed E-state index contributed by atoms with van der Waals surface area (Å²) in [5, 5.41) is 0. The quantitative estimate of drug-likeness (QED) is 0.565. The van der Waals surface area contributed by atoms with Gasteiger partial charge in [0.2, 0.25) is 18.5 Å². The highest BCUT2D eigenvalue weighted by Crippen LogP contribution is 2.55. The lowest BCUT2D eigenvalue weighted by Gasteiger charge is -2.22.